The topological polar surface area (TPSA) is 66.9 Å². The summed E-state index contributed by atoms with van der Waals surface area (Å²) in [7, 11) is -1.86. The Morgan fingerprint density at radius 1 is 1.31 bits per heavy atom. The molecule has 0 bridgehead atoms. The zero-order valence-electron chi connectivity index (χ0n) is 15.8. The molecule has 0 aliphatic carbocycles. The molecule has 7 heteroatoms. The SMILES string of the molecule is CCc1ccccc1S(=O)(=O)N1CC[C@@]2(COC)CN(C(C)=O)C[C@H]2C1. The third kappa shape index (κ3) is 3.28. The molecule has 144 valence electrons. The van der Waals surface area contributed by atoms with Gasteiger partial charge in [0, 0.05) is 45.6 Å². The van der Waals surface area contributed by atoms with Crippen molar-refractivity contribution >= 4 is 15.9 Å². The van der Waals surface area contributed by atoms with Gasteiger partial charge in [0.2, 0.25) is 15.9 Å². The van der Waals surface area contributed by atoms with E-state index in [1.807, 2.05) is 24.0 Å². The third-order valence-corrected chi connectivity index (χ3v) is 7.91. The first-order chi connectivity index (χ1) is 12.3. The smallest absolute Gasteiger partial charge is 0.243 e. The van der Waals surface area contributed by atoms with Crippen LogP contribution in [0.25, 0.3) is 0 Å². The number of ether oxygens (including phenoxy) is 1. The van der Waals surface area contributed by atoms with Gasteiger partial charge in [-0.3, -0.25) is 4.79 Å². The summed E-state index contributed by atoms with van der Waals surface area (Å²) in [6, 6.07) is 7.22. The van der Waals surface area contributed by atoms with E-state index in [9.17, 15) is 13.2 Å². The number of hydrogen-bond donors (Lipinski definition) is 0. The van der Waals surface area contributed by atoms with Crippen LogP contribution in [0.2, 0.25) is 0 Å². The van der Waals surface area contributed by atoms with Gasteiger partial charge in [0.25, 0.3) is 0 Å². The van der Waals surface area contributed by atoms with Crippen molar-refractivity contribution in [3.05, 3.63) is 29.8 Å². The van der Waals surface area contributed by atoms with Crippen molar-refractivity contribution in [3.8, 4) is 0 Å². The minimum absolute atomic E-state index is 0.0422. The number of methoxy groups -OCH3 is 1. The van der Waals surface area contributed by atoms with Crippen LogP contribution in [-0.4, -0.2) is 63.4 Å². The molecule has 2 aliphatic heterocycles. The number of likely N-dealkylation sites (tertiary alicyclic amines) is 1. The highest BCUT2D eigenvalue weighted by molar-refractivity contribution is 7.89. The van der Waals surface area contributed by atoms with E-state index in [1.54, 1.807) is 30.5 Å². The summed E-state index contributed by atoms with van der Waals surface area (Å²) in [5, 5.41) is 0. The Bertz CT molecular complexity index is 779. The molecule has 6 nitrogen and oxygen atoms in total. The molecular weight excluding hydrogens is 352 g/mol. The van der Waals surface area contributed by atoms with Crippen molar-refractivity contribution in [2.45, 2.75) is 31.6 Å². The van der Waals surface area contributed by atoms with Gasteiger partial charge in [-0.05, 0) is 30.4 Å². The molecule has 1 amide bonds. The minimum atomic E-state index is -3.53. The van der Waals surface area contributed by atoms with E-state index >= 15 is 0 Å². The normalized spacial score (nSPS) is 26.7. The molecule has 0 spiro atoms. The second-order valence-electron chi connectivity index (χ2n) is 7.47. The Balaban J connectivity index is 1.88. The predicted molar refractivity (Wildman–Crippen MR) is 99.2 cm³/mol. The Kier molecular flexibility index (Phi) is 5.42. The van der Waals surface area contributed by atoms with Gasteiger partial charge in [0.05, 0.1) is 11.5 Å². The monoisotopic (exact) mass is 380 g/mol. The summed E-state index contributed by atoms with van der Waals surface area (Å²) in [4.78, 5) is 14.1. The van der Waals surface area contributed by atoms with Gasteiger partial charge in [-0.1, -0.05) is 25.1 Å². The molecule has 2 fully saturated rings. The summed E-state index contributed by atoms with van der Waals surface area (Å²) >= 11 is 0. The van der Waals surface area contributed by atoms with E-state index < -0.39 is 10.0 Å². The fourth-order valence-electron chi connectivity index (χ4n) is 4.42. The highest BCUT2D eigenvalue weighted by Crippen LogP contribution is 2.44. The molecule has 2 heterocycles. The maximum atomic E-state index is 13.2. The summed E-state index contributed by atoms with van der Waals surface area (Å²) in [5.74, 6) is 0.143. The van der Waals surface area contributed by atoms with Crippen LogP contribution in [0, 0.1) is 11.3 Å². The first-order valence-corrected chi connectivity index (χ1v) is 10.6. The Hall–Kier alpha value is -1.44. The maximum absolute atomic E-state index is 13.2. The van der Waals surface area contributed by atoms with Crippen LogP contribution in [0.3, 0.4) is 0 Å². The van der Waals surface area contributed by atoms with Crippen LogP contribution < -0.4 is 0 Å². The number of amides is 1. The maximum Gasteiger partial charge on any atom is 0.243 e. The number of benzene rings is 1. The van der Waals surface area contributed by atoms with Gasteiger partial charge in [0.1, 0.15) is 0 Å². The Labute approximate surface area is 156 Å². The van der Waals surface area contributed by atoms with Crippen molar-refractivity contribution in [1.82, 2.24) is 9.21 Å². The highest BCUT2D eigenvalue weighted by atomic mass is 32.2. The highest BCUT2D eigenvalue weighted by Gasteiger charge is 2.52. The van der Waals surface area contributed by atoms with Gasteiger partial charge in [-0.2, -0.15) is 4.31 Å². The molecular formula is C19H28N2O4S. The van der Waals surface area contributed by atoms with Crippen LogP contribution in [0.5, 0.6) is 0 Å². The molecule has 1 aromatic carbocycles. The van der Waals surface area contributed by atoms with E-state index in [0.29, 0.717) is 50.5 Å². The summed E-state index contributed by atoms with van der Waals surface area (Å²) < 4.78 is 33.5. The number of hydrogen-bond acceptors (Lipinski definition) is 4. The van der Waals surface area contributed by atoms with E-state index in [-0.39, 0.29) is 17.2 Å². The lowest BCUT2D eigenvalue weighted by molar-refractivity contribution is -0.128. The van der Waals surface area contributed by atoms with Gasteiger partial charge in [-0.15, -0.1) is 0 Å². The average molecular weight is 381 g/mol. The van der Waals surface area contributed by atoms with E-state index in [1.165, 1.54) is 0 Å². The van der Waals surface area contributed by atoms with Gasteiger partial charge >= 0.3 is 0 Å². The summed E-state index contributed by atoms with van der Waals surface area (Å²) in [6.07, 6.45) is 1.39. The average Bonchev–Trinajstić information content (AvgIpc) is 3.00. The van der Waals surface area contributed by atoms with Crippen LogP contribution in [-0.2, 0) is 26.0 Å². The van der Waals surface area contributed by atoms with Crippen molar-refractivity contribution in [1.29, 1.82) is 0 Å². The third-order valence-electron chi connectivity index (χ3n) is 5.94. The first kappa shape index (κ1) is 19.3. The zero-order valence-corrected chi connectivity index (χ0v) is 16.6. The molecule has 0 aromatic heterocycles. The Morgan fingerprint density at radius 2 is 2.04 bits per heavy atom. The molecule has 0 N–H and O–H groups in total. The lowest BCUT2D eigenvalue weighted by Crippen LogP contribution is -2.50. The number of fused-ring (bicyclic) bond motifs is 1. The van der Waals surface area contributed by atoms with Crippen molar-refractivity contribution < 1.29 is 17.9 Å². The summed E-state index contributed by atoms with van der Waals surface area (Å²) in [6.45, 7) is 6.25. The molecule has 0 saturated carbocycles. The standard InChI is InChI=1S/C19H28N2O4S/c1-4-16-7-5-6-8-18(16)26(23,24)21-10-9-19(14-25-3)13-20(15(2)22)11-17(19)12-21/h5-8,17H,4,9-14H2,1-3H3/t17-,19-/m0/s1. The van der Waals surface area contributed by atoms with E-state index in [4.69, 9.17) is 4.74 Å². The lowest BCUT2D eigenvalue weighted by atomic mass is 9.74. The predicted octanol–water partition coefficient (Wildman–Crippen LogP) is 1.75. The molecule has 26 heavy (non-hydrogen) atoms. The molecule has 0 radical (unpaired) electrons. The quantitative estimate of drug-likeness (QED) is 0.781. The first-order valence-electron chi connectivity index (χ1n) is 9.16. The molecule has 2 aliphatic rings. The van der Waals surface area contributed by atoms with Gasteiger partial charge < -0.3 is 9.64 Å². The Morgan fingerprint density at radius 3 is 2.69 bits per heavy atom. The number of carbonyl (C=O) groups excluding carboxylic acids is 1. The lowest BCUT2D eigenvalue weighted by Gasteiger charge is -2.42. The number of sulfonamides is 1. The van der Waals surface area contributed by atoms with Crippen molar-refractivity contribution in [2.24, 2.45) is 11.3 Å². The minimum Gasteiger partial charge on any atom is -0.384 e. The largest absolute Gasteiger partial charge is 0.384 e. The van der Waals surface area contributed by atoms with Crippen molar-refractivity contribution in [3.63, 3.8) is 0 Å². The van der Waals surface area contributed by atoms with Gasteiger partial charge in [0.15, 0.2) is 0 Å². The number of piperidine rings is 1. The molecule has 2 atom stereocenters. The molecule has 0 unspecified atom stereocenters. The van der Waals surface area contributed by atoms with Crippen molar-refractivity contribution in [2.75, 3.05) is 39.9 Å². The molecule has 1 aromatic rings. The van der Waals surface area contributed by atoms with Crippen LogP contribution in [0.1, 0.15) is 25.8 Å². The molecule has 2 saturated heterocycles. The second kappa shape index (κ2) is 7.29. The zero-order chi connectivity index (χ0) is 18.9. The van der Waals surface area contributed by atoms with Gasteiger partial charge in [-0.25, -0.2) is 8.42 Å². The number of rotatable bonds is 5. The van der Waals surface area contributed by atoms with E-state index in [0.717, 1.165) is 5.56 Å². The second-order valence-corrected chi connectivity index (χ2v) is 9.37. The fraction of sp³-hybridized carbons (Fsp3) is 0.632. The van der Waals surface area contributed by atoms with E-state index in [2.05, 4.69) is 0 Å². The number of aryl methyl sites for hydroxylation is 1. The molecule has 3 rings (SSSR count). The number of carbonyl (C=O) groups is 1. The number of nitrogens with zero attached hydrogens (tertiary/aromatic N) is 2. The fourth-order valence-corrected chi connectivity index (χ4v) is 6.20. The van der Waals surface area contributed by atoms with Crippen LogP contribution >= 0.6 is 0 Å². The summed E-state index contributed by atoms with van der Waals surface area (Å²) in [5.41, 5.74) is 0.703. The van der Waals surface area contributed by atoms with Crippen LogP contribution in [0.4, 0.5) is 0 Å². The van der Waals surface area contributed by atoms with Crippen LogP contribution in [0.15, 0.2) is 29.2 Å².